The molecule has 80 valence electrons. The van der Waals surface area contributed by atoms with Crippen LogP contribution in [0.3, 0.4) is 0 Å². The van der Waals surface area contributed by atoms with Crippen molar-refractivity contribution in [1.29, 1.82) is 0 Å². The first-order chi connectivity index (χ1) is 6.57. The summed E-state index contributed by atoms with van der Waals surface area (Å²) in [5.74, 6) is -0.424. The van der Waals surface area contributed by atoms with E-state index in [4.69, 9.17) is 9.84 Å². The van der Waals surface area contributed by atoms with Crippen molar-refractivity contribution in [2.45, 2.75) is 38.8 Å². The van der Waals surface area contributed by atoms with E-state index in [9.17, 15) is 9.59 Å². The molecular weight excluding hydrogens is 186 g/mol. The van der Waals surface area contributed by atoms with Gasteiger partial charge in [0.15, 0.2) is 0 Å². The fourth-order valence-corrected chi connectivity index (χ4v) is 1.65. The van der Waals surface area contributed by atoms with E-state index in [1.165, 1.54) is 4.90 Å². The highest BCUT2D eigenvalue weighted by Gasteiger charge is 2.38. The van der Waals surface area contributed by atoms with Crippen molar-refractivity contribution in [2.75, 3.05) is 6.61 Å². The van der Waals surface area contributed by atoms with E-state index in [-0.39, 0.29) is 12.6 Å². The molecule has 0 aromatic heterocycles. The first-order valence-corrected chi connectivity index (χ1v) is 4.75. The molecule has 0 saturated carbocycles. The highest BCUT2D eigenvalue weighted by atomic mass is 16.5. The largest absolute Gasteiger partial charge is 0.465 e. The number of nitrogens with zero attached hydrogens (tertiary/aromatic N) is 1. The minimum atomic E-state index is -1.05. The number of morpholine rings is 1. The van der Waals surface area contributed by atoms with Crippen LogP contribution in [0.4, 0.5) is 4.79 Å². The Labute approximate surface area is 82.6 Å². The van der Waals surface area contributed by atoms with Crippen molar-refractivity contribution < 1.29 is 19.4 Å². The first kappa shape index (κ1) is 10.8. The van der Waals surface area contributed by atoms with Gasteiger partial charge in [-0.1, -0.05) is 13.3 Å². The van der Waals surface area contributed by atoms with E-state index >= 15 is 0 Å². The molecule has 5 heteroatoms. The highest BCUT2D eigenvalue weighted by Crippen LogP contribution is 2.18. The van der Waals surface area contributed by atoms with Crippen LogP contribution in [0.25, 0.3) is 0 Å². The van der Waals surface area contributed by atoms with Crippen LogP contribution in [0.15, 0.2) is 0 Å². The summed E-state index contributed by atoms with van der Waals surface area (Å²) in [6.45, 7) is 3.81. The summed E-state index contributed by atoms with van der Waals surface area (Å²) in [7, 11) is 0. The standard InChI is InChI=1S/C9H15NO4/c1-3-4-7-8(11)14-5-6(2)10(7)9(12)13/h6-7H,3-5H2,1-2H3,(H,12,13)/t6-,7-/m0/s1. The summed E-state index contributed by atoms with van der Waals surface area (Å²) in [5.41, 5.74) is 0. The number of carbonyl (C=O) groups excluding carboxylic acids is 1. The molecule has 0 radical (unpaired) electrons. The van der Waals surface area contributed by atoms with Gasteiger partial charge >= 0.3 is 12.1 Å². The van der Waals surface area contributed by atoms with E-state index in [0.29, 0.717) is 6.42 Å². The number of rotatable bonds is 2. The zero-order chi connectivity index (χ0) is 10.7. The van der Waals surface area contributed by atoms with E-state index in [2.05, 4.69) is 0 Å². The summed E-state index contributed by atoms with van der Waals surface area (Å²) in [5, 5.41) is 8.94. The molecule has 5 nitrogen and oxygen atoms in total. The summed E-state index contributed by atoms with van der Waals surface area (Å²) < 4.78 is 4.89. The summed E-state index contributed by atoms with van der Waals surface area (Å²) in [6.07, 6.45) is 0.235. The normalized spacial score (nSPS) is 27.3. The zero-order valence-corrected chi connectivity index (χ0v) is 8.40. The van der Waals surface area contributed by atoms with Gasteiger partial charge < -0.3 is 9.84 Å². The van der Waals surface area contributed by atoms with Gasteiger partial charge in [0.2, 0.25) is 0 Å². The van der Waals surface area contributed by atoms with E-state index in [1.54, 1.807) is 6.92 Å². The van der Waals surface area contributed by atoms with Crippen molar-refractivity contribution in [1.82, 2.24) is 4.90 Å². The van der Waals surface area contributed by atoms with Gasteiger partial charge in [-0.15, -0.1) is 0 Å². The zero-order valence-electron chi connectivity index (χ0n) is 8.40. The predicted octanol–water partition coefficient (Wildman–Crippen LogP) is 1.08. The molecule has 0 aliphatic carbocycles. The van der Waals surface area contributed by atoms with Crippen molar-refractivity contribution in [3.05, 3.63) is 0 Å². The summed E-state index contributed by atoms with van der Waals surface area (Å²) in [4.78, 5) is 23.4. The van der Waals surface area contributed by atoms with E-state index < -0.39 is 18.1 Å². The Balaban J connectivity index is 2.80. The predicted molar refractivity (Wildman–Crippen MR) is 49.0 cm³/mol. The molecule has 1 rings (SSSR count). The van der Waals surface area contributed by atoms with Gasteiger partial charge in [0.1, 0.15) is 12.6 Å². The fourth-order valence-electron chi connectivity index (χ4n) is 1.65. The van der Waals surface area contributed by atoms with Crippen molar-refractivity contribution in [2.24, 2.45) is 0 Å². The molecule has 1 amide bonds. The molecule has 1 aliphatic rings. The Bertz CT molecular complexity index is 241. The molecule has 1 fully saturated rings. The van der Waals surface area contributed by atoms with E-state index in [0.717, 1.165) is 6.42 Å². The van der Waals surface area contributed by atoms with Crippen LogP contribution in [0.5, 0.6) is 0 Å². The average molecular weight is 201 g/mol. The highest BCUT2D eigenvalue weighted by molar-refractivity contribution is 5.82. The third-order valence-corrected chi connectivity index (χ3v) is 2.33. The van der Waals surface area contributed by atoms with E-state index in [1.807, 2.05) is 6.92 Å². The quantitative estimate of drug-likeness (QED) is 0.679. The summed E-state index contributed by atoms with van der Waals surface area (Å²) >= 11 is 0. The lowest BCUT2D eigenvalue weighted by Crippen LogP contribution is -2.55. The molecule has 2 atom stereocenters. The monoisotopic (exact) mass is 201 g/mol. The maximum atomic E-state index is 11.3. The Morgan fingerprint density at radius 3 is 2.86 bits per heavy atom. The molecule has 1 heterocycles. The number of hydrogen-bond donors (Lipinski definition) is 1. The summed E-state index contributed by atoms with van der Waals surface area (Å²) in [6, 6.07) is -0.872. The van der Waals surface area contributed by atoms with Crippen LogP contribution in [0, 0.1) is 0 Å². The number of ether oxygens (including phenoxy) is 1. The second-order valence-corrected chi connectivity index (χ2v) is 3.47. The number of carbonyl (C=O) groups is 2. The molecule has 1 saturated heterocycles. The smallest absolute Gasteiger partial charge is 0.408 e. The van der Waals surface area contributed by atoms with Gasteiger partial charge in [0.25, 0.3) is 0 Å². The topological polar surface area (TPSA) is 66.8 Å². The van der Waals surface area contributed by atoms with Crippen molar-refractivity contribution >= 4 is 12.1 Å². The molecule has 0 aromatic carbocycles. The molecule has 0 bridgehead atoms. The lowest BCUT2D eigenvalue weighted by Gasteiger charge is -2.36. The van der Waals surface area contributed by atoms with Gasteiger partial charge in [-0.3, -0.25) is 4.90 Å². The van der Waals surface area contributed by atoms with Gasteiger partial charge in [0.05, 0.1) is 6.04 Å². The van der Waals surface area contributed by atoms with Crippen LogP contribution in [0.2, 0.25) is 0 Å². The third kappa shape index (κ3) is 1.97. The lowest BCUT2D eigenvalue weighted by molar-refractivity contribution is -0.159. The molecule has 1 N–H and O–H groups in total. The maximum absolute atomic E-state index is 11.3. The Morgan fingerprint density at radius 2 is 2.36 bits per heavy atom. The van der Waals surface area contributed by atoms with Crippen LogP contribution >= 0.6 is 0 Å². The fraction of sp³-hybridized carbons (Fsp3) is 0.778. The number of hydrogen-bond acceptors (Lipinski definition) is 3. The molecule has 0 spiro atoms. The third-order valence-electron chi connectivity index (χ3n) is 2.33. The molecular formula is C9H15NO4. The van der Waals surface area contributed by atoms with Crippen LogP contribution in [-0.4, -0.2) is 40.8 Å². The van der Waals surface area contributed by atoms with Crippen LogP contribution in [0.1, 0.15) is 26.7 Å². The van der Waals surface area contributed by atoms with Crippen molar-refractivity contribution in [3.63, 3.8) is 0 Å². The number of amides is 1. The SMILES string of the molecule is CCC[C@H]1C(=O)OC[C@H](C)N1C(=O)O. The van der Waals surface area contributed by atoms with Crippen molar-refractivity contribution in [3.8, 4) is 0 Å². The second-order valence-electron chi connectivity index (χ2n) is 3.47. The average Bonchev–Trinajstić information content (AvgIpc) is 2.11. The number of carboxylic acid groups (broad SMARTS) is 1. The molecule has 14 heavy (non-hydrogen) atoms. The second kappa shape index (κ2) is 4.30. The first-order valence-electron chi connectivity index (χ1n) is 4.75. The molecule has 0 aromatic rings. The number of cyclic esters (lactones) is 1. The minimum Gasteiger partial charge on any atom is -0.465 e. The van der Waals surface area contributed by atoms with Crippen LogP contribution < -0.4 is 0 Å². The van der Waals surface area contributed by atoms with Gasteiger partial charge in [0, 0.05) is 0 Å². The van der Waals surface area contributed by atoms with Gasteiger partial charge in [-0.25, -0.2) is 9.59 Å². The Morgan fingerprint density at radius 1 is 1.71 bits per heavy atom. The lowest BCUT2D eigenvalue weighted by atomic mass is 10.1. The van der Waals surface area contributed by atoms with Gasteiger partial charge in [-0.2, -0.15) is 0 Å². The van der Waals surface area contributed by atoms with Gasteiger partial charge in [-0.05, 0) is 13.3 Å². The minimum absolute atomic E-state index is 0.158. The Hall–Kier alpha value is -1.26. The Kier molecular flexibility index (Phi) is 3.33. The van der Waals surface area contributed by atoms with Crippen LogP contribution in [-0.2, 0) is 9.53 Å². The molecule has 1 aliphatic heterocycles. The number of esters is 1. The molecule has 0 unspecified atom stereocenters. The maximum Gasteiger partial charge on any atom is 0.408 e.